The summed E-state index contributed by atoms with van der Waals surface area (Å²) >= 11 is 1.72. The highest BCUT2D eigenvalue weighted by molar-refractivity contribution is 8.24. The van der Waals surface area contributed by atoms with E-state index in [2.05, 4.69) is 54.5 Å². The van der Waals surface area contributed by atoms with Crippen molar-refractivity contribution >= 4 is 38.0 Å². The predicted octanol–water partition coefficient (Wildman–Crippen LogP) is 8.67. The van der Waals surface area contributed by atoms with E-state index < -0.39 is 16.6 Å². The summed E-state index contributed by atoms with van der Waals surface area (Å²) in [7, 11) is -2.38. The van der Waals surface area contributed by atoms with Crippen LogP contribution in [0, 0.1) is 18.8 Å². The van der Waals surface area contributed by atoms with Gasteiger partial charge in [-0.25, -0.2) is 0 Å². The van der Waals surface area contributed by atoms with E-state index in [1.165, 1.54) is 27.0 Å². The Hall–Kier alpha value is -3.28. The van der Waals surface area contributed by atoms with E-state index in [0.29, 0.717) is 24.0 Å². The molecule has 2 heterocycles. The molecule has 0 aliphatic carbocycles. The average molecular weight is 575 g/mol. The molecule has 3 aromatic carbocycles. The number of carbonyl (C=O) groups is 1. The van der Waals surface area contributed by atoms with Crippen LogP contribution in [0.25, 0.3) is 21.2 Å². The van der Waals surface area contributed by atoms with Gasteiger partial charge in [0.15, 0.2) is 0 Å². The number of thiophene rings is 1. The number of benzene rings is 3. The van der Waals surface area contributed by atoms with Crippen molar-refractivity contribution in [1.82, 2.24) is 0 Å². The molecule has 1 unspecified atom stereocenters. The molecule has 1 fully saturated rings. The maximum absolute atomic E-state index is 11.2. The predicted molar refractivity (Wildman–Crippen MR) is 166 cm³/mol. The molecule has 0 spiro atoms. The Labute approximate surface area is 241 Å². The van der Waals surface area contributed by atoms with Gasteiger partial charge < -0.3 is 9.84 Å². The fraction of sp³-hybridized carbons (Fsp3) is 0.303. The van der Waals surface area contributed by atoms with Crippen molar-refractivity contribution in [2.45, 2.75) is 51.6 Å². The van der Waals surface area contributed by atoms with Crippen molar-refractivity contribution < 1.29 is 23.7 Å². The van der Waals surface area contributed by atoms with Gasteiger partial charge in [0.05, 0.1) is 12.3 Å². The van der Waals surface area contributed by atoms with E-state index in [1.54, 1.807) is 18.3 Å². The molecule has 0 saturated carbocycles. The Kier molecular flexibility index (Phi) is 8.53. The molecule has 3 N–H and O–H groups in total. The van der Waals surface area contributed by atoms with Gasteiger partial charge in [-0.3, -0.25) is 13.9 Å². The number of ether oxygens (including phenoxy) is 1. The fourth-order valence-corrected chi connectivity index (χ4v) is 7.87. The summed E-state index contributed by atoms with van der Waals surface area (Å²) in [5, 5.41) is 12.6. The first-order valence-electron chi connectivity index (χ1n) is 13.4. The lowest BCUT2D eigenvalue weighted by Gasteiger charge is -2.39. The van der Waals surface area contributed by atoms with Crippen LogP contribution >= 0.6 is 21.9 Å². The third kappa shape index (κ3) is 6.54. The van der Waals surface area contributed by atoms with Gasteiger partial charge in [0.25, 0.3) is 0 Å². The molecule has 1 saturated heterocycles. The van der Waals surface area contributed by atoms with Gasteiger partial charge in [0.2, 0.25) is 0 Å². The molecular formula is C33H34O5S2. The molecule has 0 bridgehead atoms. The highest BCUT2D eigenvalue weighted by atomic mass is 32.3. The van der Waals surface area contributed by atoms with Crippen LogP contribution in [0.1, 0.15) is 60.3 Å². The second-order valence-corrected chi connectivity index (χ2v) is 13.8. The van der Waals surface area contributed by atoms with Crippen LogP contribution in [0.4, 0.5) is 0 Å². The van der Waals surface area contributed by atoms with Crippen LogP contribution in [0.2, 0.25) is 0 Å². The van der Waals surface area contributed by atoms with Gasteiger partial charge in [0, 0.05) is 27.2 Å². The number of aliphatic carboxylic acids is 1. The molecule has 5 nitrogen and oxygen atoms in total. The van der Waals surface area contributed by atoms with E-state index >= 15 is 0 Å². The molecule has 208 valence electrons. The highest BCUT2D eigenvalue weighted by Crippen LogP contribution is 2.48. The van der Waals surface area contributed by atoms with Crippen LogP contribution in [-0.2, 0) is 11.4 Å². The van der Waals surface area contributed by atoms with Gasteiger partial charge in [-0.15, -0.1) is 17.3 Å². The number of rotatable bonds is 8. The summed E-state index contributed by atoms with van der Waals surface area (Å²) in [4.78, 5) is 11.2. The second-order valence-electron chi connectivity index (χ2n) is 10.4. The molecule has 4 aromatic rings. The van der Waals surface area contributed by atoms with Gasteiger partial charge in [-0.1, -0.05) is 48.4 Å². The summed E-state index contributed by atoms with van der Waals surface area (Å²) in [5.74, 6) is 6.82. The molecule has 1 aliphatic rings. The number of hydrogen-bond donors (Lipinski definition) is 3. The molecule has 7 heteroatoms. The van der Waals surface area contributed by atoms with E-state index in [9.17, 15) is 19.0 Å². The van der Waals surface area contributed by atoms with Crippen LogP contribution in [0.15, 0.2) is 66.0 Å². The third-order valence-electron chi connectivity index (χ3n) is 7.63. The molecule has 0 radical (unpaired) electrons. The third-order valence-corrected chi connectivity index (χ3v) is 10.4. The summed E-state index contributed by atoms with van der Waals surface area (Å²) in [6, 6.07) is 20.7. The van der Waals surface area contributed by atoms with E-state index in [1.807, 2.05) is 30.3 Å². The Bertz CT molecular complexity index is 1570. The zero-order valence-electron chi connectivity index (χ0n) is 22.7. The van der Waals surface area contributed by atoms with Crippen LogP contribution in [0.3, 0.4) is 0 Å². The van der Waals surface area contributed by atoms with Crippen molar-refractivity contribution in [3.8, 4) is 28.7 Å². The minimum Gasteiger partial charge on any atom is -0.489 e. The van der Waals surface area contributed by atoms with Crippen molar-refractivity contribution in [2.24, 2.45) is 0 Å². The van der Waals surface area contributed by atoms with Crippen molar-refractivity contribution in [3.05, 3.63) is 88.3 Å². The zero-order valence-corrected chi connectivity index (χ0v) is 24.4. The van der Waals surface area contributed by atoms with E-state index in [-0.39, 0.29) is 12.3 Å². The normalized spacial score (nSPS) is 16.6. The molecule has 5 rings (SSSR count). The van der Waals surface area contributed by atoms with E-state index in [4.69, 9.17) is 4.74 Å². The van der Waals surface area contributed by atoms with Gasteiger partial charge in [0.1, 0.15) is 12.4 Å². The van der Waals surface area contributed by atoms with Crippen molar-refractivity contribution in [3.63, 3.8) is 0 Å². The van der Waals surface area contributed by atoms with Crippen molar-refractivity contribution in [1.29, 1.82) is 0 Å². The smallest absolute Gasteiger partial charge is 0.304 e. The quantitative estimate of drug-likeness (QED) is 0.183. The Morgan fingerprint density at radius 3 is 2.48 bits per heavy atom. The standard InChI is InChI=1S/C33H34O5S2/c1-3-4-26(18-33(34)35)24-7-5-23(6-8-24)20-38-28-10-12-32-30(19-28)31(21-39-32)29-11-9-27(17-22(29)2)25-13-15-40(36,37)16-14-25/h5-12,17,19,21,25-26,36-37H,13-16,18,20H2,1-2H3,(H,34,35). The lowest BCUT2D eigenvalue weighted by Crippen LogP contribution is -2.19. The summed E-state index contributed by atoms with van der Waals surface area (Å²) in [6.07, 6.45) is 1.63. The van der Waals surface area contributed by atoms with Gasteiger partial charge >= 0.3 is 5.97 Å². The maximum Gasteiger partial charge on any atom is 0.304 e. The van der Waals surface area contributed by atoms with Gasteiger partial charge in [-0.2, -0.15) is 10.6 Å². The van der Waals surface area contributed by atoms with E-state index in [0.717, 1.165) is 35.1 Å². The largest absolute Gasteiger partial charge is 0.489 e. The summed E-state index contributed by atoms with van der Waals surface area (Å²) in [6.45, 7) is 4.28. The monoisotopic (exact) mass is 574 g/mol. The molecule has 1 atom stereocenters. The van der Waals surface area contributed by atoms with Crippen LogP contribution in [-0.4, -0.2) is 31.7 Å². The number of carboxylic acid groups (broad SMARTS) is 1. The second kappa shape index (κ2) is 12.1. The summed E-state index contributed by atoms with van der Waals surface area (Å²) < 4.78 is 27.3. The molecule has 1 aliphatic heterocycles. The molecule has 1 aromatic heterocycles. The summed E-state index contributed by atoms with van der Waals surface area (Å²) in [5.41, 5.74) is 6.79. The maximum atomic E-state index is 11.2. The Morgan fingerprint density at radius 1 is 1.05 bits per heavy atom. The minimum atomic E-state index is -2.38. The number of hydrogen-bond acceptors (Lipinski definition) is 5. The lowest BCUT2D eigenvalue weighted by atomic mass is 9.89. The number of carboxylic acids is 1. The highest BCUT2D eigenvalue weighted by Gasteiger charge is 2.25. The Balaban J connectivity index is 1.30. The molecule has 40 heavy (non-hydrogen) atoms. The topological polar surface area (TPSA) is 87.0 Å². The lowest BCUT2D eigenvalue weighted by molar-refractivity contribution is -0.137. The van der Waals surface area contributed by atoms with Gasteiger partial charge in [-0.05, 0) is 84.0 Å². The molecular weight excluding hydrogens is 540 g/mol. The molecule has 0 amide bonds. The number of fused-ring (bicyclic) bond motifs is 1. The number of aryl methyl sites for hydroxylation is 1. The Morgan fingerprint density at radius 2 is 1.80 bits per heavy atom. The van der Waals surface area contributed by atoms with Crippen molar-refractivity contribution in [2.75, 3.05) is 11.5 Å². The minimum absolute atomic E-state index is 0.0165. The SMILES string of the molecule is CC#CC(CC(=O)O)c1ccc(COc2ccc3scc(-c4ccc(C5CCS(O)(O)CC5)cc4C)c3c2)cc1. The van der Waals surface area contributed by atoms with Crippen LogP contribution < -0.4 is 4.74 Å². The van der Waals surface area contributed by atoms with Crippen LogP contribution in [0.5, 0.6) is 5.75 Å². The average Bonchev–Trinajstić information content (AvgIpc) is 3.35. The zero-order chi connectivity index (χ0) is 28.3. The first-order chi connectivity index (χ1) is 19.2. The first kappa shape index (κ1) is 28.3. The first-order valence-corrected chi connectivity index (χ1v) is 16.2. The fourth-order valence-electron chi connectivity index (χ4n) is 5.41.